The van der Waals surface area contributed by atoms with E-state index in [-0.39, 0.29) is 11.4 Å². The van der Waals surface area contributed by atoms with Gasteiger partial charge in [0.05, 0.1) is 17.4 Å². The van der Waals surface area contributed by atoms with Gasteiger partial charge in [-0.25, -0.2) is 4.98 Å². The zero-order valence-corrected chi connectivity index (χ0v) is 10.4. The summed E-state index contributed by atoms with van der Waals surface area (Å²) in [7, 11) is 0. The summed E-state index contributed by atoms with van der Waals surface area (Å²) in [5, 5.41) is 13.2. The SMILES string of the molecule is O=C(Nc1cnc2ccccc2c1)c1ncccc1O. The van der Waals surface area contributed by atoms with E-state index in [0.29, 0.717) is 5.69 Å². The summed E-state index contributed by atoms with van der Waals surface area (Å²) >= 11 is 0. The van der Waals surface area contributed by atoms with Gasteiger partial charge in [-0.15, -0.1) is 0 Å². The molecule has 0 saturated carbocycles. The summed E-state index contributed by atoms with van der Waals surface area (Å²) in [5.74, 6) is -0.626. The van der Waals surface area contributed by atoms with E-state index >= 15 is 0 Å². The normalized spacial score (nSPS) is 10.4. The molecule has 0 aliphatic carbocycles. The Labute approximate surface area is 114 Å². The number of aromatic hydroxyl groups is 1. The lowest BCUT2D eigenvalue weighted by atomic mass is 10.2. The first kappa shape index (κ1) is 12.1. The lowest BCUT2D eigenvalue weighted by Gasteiger charge is -2.06. The van der Waals surface area contributed by atoms with Gasteiger partial charge in [0, 0.05) is 11.6 Å². The highest BCUT2D eigenvalue weighted by Crippen LogP contribution is 2.18. The van der Waals surface area contributed by atoms with E-state index in [1.54, 1.807) is 12.3 Å². The maximum absolute atomic E-state index is 12.0. The van der Waals surface area contributed by atoms with Crippen molar-refractivity contribution in [1.82, 2.24) is 9.97 Å². The number of pyridine rings is 2. The van der Waals surface area contributed by atoms with Crippen molar-refractivity contribution >= 4 is 22.5 Å². The van der Waals surface area contributed by atoms with Gasteiger partial charge in [0.15, 0.2) is 5.69 Å². The van der Waals surface area contributed by atoms with Gasteiger partial charge in [0.2, 0.25) is 0 Å². The first-order valence-corrected chi connectivity index (χ1v) is 6.04. The van der Waals surface area contributed by atoms with Crippen molar-refractivity contribution in [2.75, 3.05) is 5.32 Å². The highest BCUT2D eigenvalue weighted by atomic mass is 16.3. The fourth-order valence-electron chi connectivity index (χ4n) is 1.90. The number of nitrogens with one attached hydrogen (secondary N) is 1. The molecular weight excluding hydrogens is 254 g/mol. The number of para-hydroxylation sites is 1. The average molecular weight is 265 g/mol. The first-order chi connectivity index (χ1) is 9.74. The Hall–Kier alpha value is -2.95. The van der Waals surface area contributed by atoms with E-state index in [1.165, 1.54) is 12.3 Å². The number of rotatable bonds is 2. The number of carbonyl (C=O) groups is 1. The fourth-order valence-corrected chi connectivity index (χ4v) is 1.90. The quantitative estimate of drug-likeness (QED) is 0.746. The molecule has 1 amide bonds. The predicted molar refractivity (Wildman–Crippen MR) is 75.6 cm³/mol. The maximum atomic E-state index is 12.0. The molecule has 2 N–H and O–H groups in total. The van der Waals surface area contributed by atoms with E-state index < -0.39 is 5.91 Å². The number of nitrogens with zero attached hydrogens (tertiary/aromatic N) is 2. The smallest absolute Gasteiger partial charge is 0.278 e. The lowest BCUT2D eigenvalue weighted by molar-refractivity contribution is 0.101. The third-order valence-electron chi connectivity index (χ3n) is 2.85. The summed E-state index contributed by atoms with van der Waals surface area (Å²) < 4.78 is 0. The molecule has 0 fully saturated rings. The third kappa shape index (κ3) is 2.29. The summed E-state index contributed by atoms with van der Waals surface area (Å²) in [5.41, 5.74) is 1.39. The number of hydrogen-bond donors (Lipinski definition) is 2. The molecule has 0 bridgehead atoms. The van der Waals surface area contributed by atoms with Gasteiger partial charge in [-0.2, -0.15) is 0 Å². The molecule has 0 saturated heterocycles. The van der Waals surface area contributed by atoms with Crippen LogP contribution in [-0.2, 0) is 0 Å². The zero-order chi connectivity index (χ0) is 13.9. The molecule has 2 heterocycles. The van der Waals surface area contributed by atoms with Gasteiger partial charge in [-0.1, -0.05) is 18.2 Å². The minimum absolute atomic E-state index is 0.0133. The second-order valence-electron chi connectivity index (χ2n) is 4.24. The van der Waals surface area contributed by atoms with Gasteiger partial charge in [0.1, 0.15) is 5.75 Å². The lowest BCUT2D eigenvalue weighted by Crippen LogP contribution is -2.13. The molecule has 5 heteroatoms. The topological polar surface area (TPSA) is 75.1 Å². The van der Waals surface area contributed by atoms with Gasteiger partial charge in [0.25, 0.3) is 5.91 Å². The Bertz CT molecular complexity index is 787. The largest absolute Gasteiger partial charge is 0.505 e. The molecule has 0 aliphatic rings. The van der Waals surface area contributed by atoms with Crippen molar-refractivity contribution < 1.29 is 9.90 Å². The Balaban J connectivity index is 1.89. The Morgan fingerprint density at radius 3 is 2.80 bits per heavy atom. The monoisotopic (exact) mass is 265 g/mol. The summed E-state index contributed by atoms with van der Waals surface area (Å²) in [6, 6.07) is 12.4. The molecule has 2 aromatic heterocycles. The van der Waals surface area contributed by atoms with E-state index in [9.17, 15) is 9.90 Å². The third-order valence-corrected chi connectivity index (χ3v) is 2.85. The minimum Gasteiger partial charge on any atom is -0.505 e. The molecular formula is C15H11N3O2. The van der Waals surface area contributed by atoms with Crippen LogP contribution in [0.1, 0.15) is 10.5 Å². The summed E-state index contributed by atoms with van der Waals surface area (Å²) in [6.45, 7) is 0. The van der Waals surface area contributed by atoms with E-state index in [2.05, 4.69) is 15.3 Å². The Kier molecular flexibility index (Phi) is 3.01. The second-order valence-corrected chi connectivity index (χ2v) is 4.24. The van der Waals surface area contributed by atoms with Crippen LogP contribution < -0.4 is 5.32 Å². The van der Waals surface area contributed by atoms with Crippen molar-refractivity contribution in [2.24, 2.45) is 0 Å². The molecule has 0 aliphatic heterocycles. The molecule has 0 spiro atoms. The Morgan fingerprint density at radius 2 is 1.95 bits per heavy atom. The van der Waals surface area contributed by atoms with Crippen molar-refractivity contribution in [3.8, 4) is 5.75 Å². The van der Waals surface area contributed by atoms with Crippen molar-refractivity contribution in [3.63, 3.8) is 0 Å². The predicted octanol–water partition coefficient (Wildman–Crippen LogP) is 2.59. The molecule has 0 atom stereocenters. The minimum atomic E-state index is -0.472. The summed E-state index contributed by atoms with van der Waals surface area (Å²) in [6.07, 6.45) is 3.02. The van der Waals surface area contributed by atoms with Crippen LogP contribution in [0.25, 0.3) is 10.9 Å². The number of benzene rings is 1. The van der Waals surface area contributed by atoms with Crippen molar-refractivity contribution in [1.29, 1.82) is 0 Å². The van der Waals surface area contributed by atoms with Crippen molar-refractivity contribution in [3.05, 3.63) is 60.6 Å². The highest BCUT2D eigenvalue weighted by molar-refractivity contribution is 6.05. The maximum Gasteiger partial charge on any atom is 0.278 e. The average Bonchev–Trinajstić information content (AvgIpc) is 2.47. The number of anilines is 1. The van der Waals surface area contributed by atoms with Crippen LogP contribution >= 0.6 is 0 Å². The molecule has 98 valence electrons. The van der Waals surface area contributed by atoms with Crippen LogP contribution in [0.3, 0.4) is 0 Å². The van der Waals surface area contributed by atoms with Crippen LogP contribution in [0.2, 0.25) is 0 Å². The number of fused-ring (bicyclic) bond motifs is 1. The Morgan fingerprint density at radius 1 is 1.10 bits per heavy atom. The fraction of sp³-hybridized carbons (Fsp3) is 0. The second kappa shape index (κ2) is 4.97. The zero-order valence-electron chi connectivity index (χ0n) is 10.4. The highest BCUT2D eigenvalue weighted by Gasteiger charge is 2.12. The summed E-state index contributed by atoms with van der Waals surface area (Å²) in [4.78, 5) is 20.1. The molecule has 3 aromatic rings. The van der Waals surface area contributed by atoms with Crippen LogP contribution in [-0.4, -0.2) is 21.0 Å². The van der Waals surface area contributed by atoms with Crippen LogP contribution in [0.5, 0.6) is 5.75 Å². The van der Waals surface area contributed by atoms with Crippen molar-refractivity contribution in [2.45, 2.75) is 0 Å². The molecule has 1 aromatic carbocycles. The first-order valence-electron chi connectivity index (χ1n) is 6.04. The van der Waals surface area contributed by atoms with Crippen LogP contribution in [0.4, 0.5) is 5.69 Å². The molecule has 3 rings (SSSR count). The molecule has 5 nitrogen and oxygen atoms in total. The van der Waals surface area contributed by atoms with Gasteiger partial charge in [-0.05, 0) is 24.3 Å². The number of carbonyl (C=O) groups excluding carboxylic acids is 1. The van der Waals surface area contributed by atoms with Gasteiger partial charge >= 0.3 is 0 Å². The molecule has 0 radical (unpaired) electrons. The van der Waals surface area contributed by atoms with Crippen LogP contribution in [0, 0.1) is 0 Å². The molecule has 20 heavy (non-hydrogen) atoms. The molecule has 0 unspecified atom stereocenters. The van der Waals surface area contributed by atoms with E-state index in [1.807, 2.05) is 30.3 Å². The van der Waals surface area contributed by atoms with Crippen LogP contribution in [0.15, 0.2) is 54.9 Å². The number of aromatic nitrogens is 2. The number of amides is 1. The van der Waals surface area contributed by atoms with Gasteiger partial charge < -0.3 is 10.4 Å². The standard InChI is InChI=1S/C15H11N3O2/c19-13-6-3-7-16-14(13)15(20)18-11-8-10-4-1-2-5-12(10)17-9-11/h1-9,19H,(H,18,20). The van der Waals surface area contributed by atoms with E-state index in [4.69, 9.17) is 0 Å². The van der Waals surface area contributed by atoms with Gasteiger partial charge in [-0.3, -0.25) is 9.78 Å². The number of hydrogen-bond acceptors (Lipinski definition) is 4. The van der Waals surface area contributed by atoms with E-state index in [0.717, 1.165) is 10.9 Å².